The second-order valence-electron chi connectivity index (χ2n) is 8.08. The van der Waals surface area contributed by atoms with Crippen molar-refractivity contribution in [2.24, 2.45) is 0 Å². The molecule has 7 heteroatoms. The van der Waals surface area contributed by atoms with Gasteiger partial charge in [-0.05, 0) is 61.4 Å². The number of hydrogen-bond acceptors (Lipinski definition) is 2. The number of piperidine rings is 2. The minimum absolute atomic E-state index is 0. The summed E-state index contributed by atoms with van der Waals surface area (Å²) in [5, 5.41) is 0.627. The molecule has 4 nitrogen and oxygen atoms in total. The maximum Gasteiger partial charge on any atom is 0.326 e. The third-order valence-corrected chi connectivity index (χ3v) is 6.74. The van der Waals surface area contributed by atoms with E-state index < -0.39 is 0 Å². The second-order valence-corrected chi connectivity index (χ2v) is 8.52. The lowest BCUT2D eigenvalue weighted by Gasteiger charge is -2.45. The number of benzene rings is 2. The second kappa shape index (κ2) is 8.13. The molecule has 154 valence electrons. The Hall–Kier alpha value is -1.82. The Balaban J connectivity index is 0.00000205. The number of aromatic nitrogens is 2. The van der Waals surface area contributed by atoms with E-state index in [0.29, 0.717) is 11.1 Å². The van der Waals surface area contributed by atoms with E-state index in [-0.39, 0.29) is 35.9 Å². The molecule has 0 unspecified atom stereocenters. The number of halogens is 3. The summed E-state index contributed by atoms with van der Waals surface area (Å²) in [7, 11) is 0. The van der Waals surface area contributed by atoms with Gasteiger partial charge in [-0.3, -0.25) is 9.47 Å². The van der Waals surface area contributed by atoms with E-state index in [1.807, 2.05) is 34.9 Å². The summed E-state index contributed by atoms with van der Waals surface area (Å²) in [5.74, 6) is 0.164. The molecule has 0 aliphatic carbocycles. The van der Waals surface area contributed by atoms with Crippen molar-refractivity contribution in [3.8, 4) is 0 Å². The van der Waals surface area contributed by atoms with Gasteiger partial charge in [0.1, 0.15) is 5.82 Å². The smallest absolute Gasteiger partial charge is 0.305 e. The summed E-state index contributed by atoms with van der Waals surface area (Å²) in [4.78, 5) is 18.0. The van der Waals surface area contributed by atoms with Gasteiger partial charge in [0.05, 0.1) is 11.0 Å². The van der Waals surface area contributed by atoms with Crippen molar-refractivity contribution in [3.63, 3.8) is 0 Å². The van der Waals surface area contributed by atoms with Crippen LogP contribution in [0.3, 0.4) is 0 Å². The molecule has 2 aliphatic rings. The lowest BCUT2D eigenvalue weighted by atomic mass is 9.82. The summed E-state index contributed by atoms with van der Waals surface area (Å²) in [6, 6.07) is 13.4. The molecule has 2 saturated heterocycles. The Kier molecular flexibility index (Phi) is 5.74. The zero-order chi connectivity index (χ0) is 19.3. The standard InChI is InChI=1S/C22H23ClFN3O.ClH/c23-15-6-8-21-20(11-15)25-22(28)27(21)17-9-10-26-13-14(5-7-16(26)12-17)18-3-1-2-4-19(18)24;/h1-4,6,8,11,14,16-17H,5,7,9-10,12-13H2,(H,25,28);1H/t14-,16+,17+;/m1./s1. The first-order valence-electron chi connectivity index (χ1n) is 9.98. The van der Waals surface area contributed by atoms with Crippen LogP contribution in [0, 0.1) is 5.82 Å². The number of imidazole rings is 1. The average molecular weight is 436 g/mol. The Morgan fingerprint density at radius 3 is 2.72 bits per heavy atom. The maximum atomic E-state index is 14.2. The minimum atomic E-state index is -0.0927. The maximum absolute atomic E-state index is 14.2. The molecule has 3 aromatic rings. The van der Waals surface area contributed by atoms with Gasteiger partial charge in [0, 0.05) is 30.2 Å². The van der Waals surface area contributed by atoms with Gasteiger partial charge in [0.15, 0.2) is 0 Å². The van der Waals surface area contributed by atoms with Crippen LogP contribution in [-0.4, -0.2) is 33.6 Å². The van der Waals surface area contributed by atoms with Crippen LogP contribution in [0.2, 0.25) is 5.02 Å². The highest BCUT2D eigenvalue weighted by atomic mass is 35.5. The summed E-state index contributed by atoms with van der Waals surface area (Å²) < 4.78 is 16.1. The molecule has 0 amide bonds. The molecular weight excluding hydrogens is 412 g/mol. The van der Waals surface area contributed by atoms with E-state index >= 15 is 0 Å². The van der Waals surface area contributed by atoms with E-state index in [0.717, 1.165) is 55.4 Å². The van der Waals surface area contributed by atoms with Gasteiger partial charge in [0.25, 0.3) is 0 Å². The highest BCUT2D eigenvalue weighted by Crippen LogP contribution is 2.38. The fraction of sp³-hybridized carbons (Fsp3) is 0.409. The monoisotopic (exact) mass is 435 g/mol. The summed E-state index contributed by atoms with van der Waals surface area (Å²) in [6.07, 6.45) is 3.92. The topological polar surface area (TPSA) is 41.0 Å². The number of nitrogens with zero attached hydrogens (tertiary/aromatic N) is 2. The van der Waals surface area contributed by atoms with Crippen molar-refractivity contribution in [2.75, 3.05) is 13.1 Å². The number of nitrogens with one attached hydrogen (secondary N) is 1. The molecule has 3 atom stereocenters. The Morgan fingerprint density at radius 1 is 1.07 bits per heavy atom. The molecule has 2 fully saturated rings. The van der Waals surface area contributed by atoms with Crippen LogP contribution in [0.5, 0.6) is 0 Å². The quantitative estimate of drug-likeness (QED) is 0.606. The van der Waals surface area contributed by atoms with Crippen LogP contribution in [0.15, 0.2) is 47.3 Å². The van der Waals surface area contributed by atoms with E-state index in [2.05, 4.69) is 9.88 Å². The molecular formula is C22H24Cl2FN3O. The third kappa shape index (κ3) is 3.72. The van der Waals surface area contributed by atoms with Gasteiger partial charge < -0.3 is 4.98 Å². The normalized spacial score (nSPS) is 24.8. The first-order valence-corrected chi connectivity index (χ1v) is 10.4. The molecule has 0 saturated carbocycles. The molecule has 2 aliphatic heterocycles. The van der Waals surface area contributed by atoms with Crippen molar-refractivity contribution in [3.05, 3.63) is 69.4 Å². The first kappa shape index (κ1) is 20.5. The molecule has 0 spiro atoms. The van der Waals surface area contributed by atoms with Crippen LogP contribution in [0.25, 0.3) is 11.0 Å². The van der Waals surface area contributed by atoms with Crippen molar-refractivity contribution >= 4 is 35.0 Å². The Labute approximate surface area is 180 Å². The Morgan fingerprint density at radius 2 is 1.90 bits per heavy atom. The molecule has 2 aromatic carbocycles. The van der Waals surface area contributed by atoms with Gasteiger partial charge in [-0.15, -0.1) is 12.4 Å². The first-order chi connectivity index (χ1) is 13.6. The fourth-order valence-corrected chi connectivity index (χ4v) is 5.32. The van der Waals surface area contributed by atoms with Gasteiger partial charge in [-0.1, -0.05) is 29.8 Å². The van der Waals surface area contributed by atoms with Crippen LogP contribution >= 0.6 is 24.0 Å². The summed E-state index contributed by atoms with van der Waals surface area (Å²) in [6.45, 7) is 1.84. The van der Waals surface area contributed by atoms with E-state index in [1.165, 1.54) is 0 Å². The average Bonchev–Trinajstić information content (AvgIpc) is 3.02. The molecule has 1 N–H and O–H groups in total. The number of aromatic amines is 1. The van der Waals surface area contributed by atoms with Crippen molar-refractivity contribution in [2.45, 2.75) is 43.7 Å². The van der Waals surface area contributed by atoms with Crippen LogP contribution < -0.4 is 5.69 Å². The van der Waals surface area contributed by atoms with Crippen molar-refractivity contribution in [1.82, 2.24) is 14.5 Å². The summed E-state index contributed by atoms with van der Waals surface area (Å²) >= 11 is 6.07. The molecule has 29 heavy (non-hydrogen) atoms. The highest BCUT2D eigenvalue weighted by molar-refractivity contribution is 6.31. The zero-order valence-corrected chi connectivity index (χ0v) is 17.6. The predicted molar refractivity (Wildman–Crippen MR) is 117 cm³/mol. The van der Waals surface area contributed by atoms with Crippen molar-refractivity contribution < 1.29 is 4.39 Å². The lowest BCUT2D eigenvalue weighted by Crippen LogP contribution is -2.48. The van der Waals surface area contributed by atoms with Gasteiger partial charge in [-0.25, -0.2) is 9.18 Å². The van der Waals surface area contributed by atoms with Crippen LogP contribution in [0.1, 0.15) is 43.2 Å². The van der Waals surface area contributed by atoms with Crippen LogP contribution in [0.4, 0.5) is 4.39 Å². The predicted octanol–water partition coefficient (Wildman–Crippen LogP) is 5.13. The van der Waals surface area contributed by atoms with E-state index in [4.69, 9.17) is 11.6 Å². The zero-order valence-electron chi connectivity index (χ0n) is 16.0. The summed E-state index contributed by atoms with van der Waals surface area (Å²) in [5.41, 5.74) is 2.50. The molecule has 0 bridgehead atoms. The van der Waals surface area contributed by atoms with Gasteiger partial charge in [0.2, 0.25) is 0 Å². The van der Waals surface area contributed by atoms with E-state index in [9.17, 15) is 9.18 Å². The fourth-order valence-electron chi connectivity index (χ4n) is 5.15. The van der Waals surface area contributed by atoms with Crippen molar-refractivity contribution in [1.29, 1.82) is 0 Å². The lowest BCUT2D eigenvalue weighted by molar-refractivity contribution is 0.0707. The van der Waals surface area contributed by atoms with E-state index in [1.54, 1.807) is 12.1 Å². The number of hydrogen-bond donors (Lipinski definition) is 1. The number of fused-ring (bicyclic) bond motifs is 2. The highest BCUT2D eigenvalue weighted by Gasteiger charge is 2.36. The van der Waals surface area contributed by atoms with Crippen LogP contribution in [-0.2, 0) is 0 Å². The Bertz CT molecular complexity index is 1080. The third-order valence-electron chi connectivity index (χ3n) is 6.50. The SMILES string of the molecule is Cl.O=c1[nH]c2cc(Cl)ccc2n1[C@H]1CCN2C[C@H](c3ccccc3F)CC[C@H]2C1. The number of rotatable bonds is 2. The minimum Gasteiger partial charge on any atom is -0.305 e. The molecule has 0 radical (unpaired) electrons. The molecule has 3 heterocycles. The largest absolute Gasteiger partial charge is 0.326 e. The van der Waals surface area contributed by atoms with Gasteiger partial charge in [-0.2, -0.15) is 0 Å². The molecule has 1 aromatic heterocycles. The molecule has 5 rings (SSSR count). The van der Waals surface area contributed by atoms with Gasteiger partial charge >= 0.3 is 5.69 Å². The number of H-pyrrole nitrogens is 1.